The molecule has 16 heavy (non-hydrogen) atoms. The molecule has 0 aliphatic rings. The third-order valence-electron chi connectivity index (χ3n) is 3.47. The van der Waals surface area contributed by atoms with Crippen LogP contribution < -0.4 is 5.73 Å². The molecule has 1 aromatic rings. The van der Waals surface area contributed by atoms with Gasteiger partial charge in [-0.25, -0.2) is 4.98 Å². The van der Waals surface area contributed by atoms with E-state index in [1.807, 2.05) is 0 Å². The van der Waals surface area contributed by atoms with Crippen molar-refractivity contribution in [3.8, 4) is 0 Å². The fourth-order valence-corrected chi connectivity index (χ4v) is 2.75. The monoisotopic (exact) mass is 240 g/mol. The highest BCUT2D eigenvalue weighted by atomic mass is 32.1. The molecular formula is C13H24N2S. The molecule has 1 heterocycles. The summed E-state index contributed by atoms with van der Waals surface area (Å²) >= 11 is 1.74. The lowest BCUT2D eigenvalue weighted by atomic mass is 9.76. The highest BCUT2D eigenvalue weighted by Crippen LogP contribution is 2.32. The van der Waals surface area contributed by atoms with Crippen molar-refractivity contribution in [3.63, 3.8) is 0 Å². The Bertz CT molecular complexity index is 303. The lowest BCUT2D eigenvalue weighted by Crippen LogP contribution is -2.32. The van der Waals surface area contributed by atoms with Gasteiger partial charge in [0, 0.05) is 5.38 Å². The molecule has 0 spiro atoms. The molecule has 0 bridgehead atoms. The normalized spacial score (nSPS) is 15.0. The Kier molecular flexibility index (Phi) is 5.42. The average molecular weight is 240 g/mol. The summed E-state index contributed by atoms with van der Waals surface area (Å²) in [6.45, 7) is 7.34. The number of rotatable bonds is 7. The van der Waals surface area contributed by atoms with E-state index in [0.29, 0.717) is 0 Å². The first-order chi connectivity index (χ1) is 7.65. The van der Waals surface area contributed by atoms with E-state index in [0.717, 1.165) is 24.4 Å². The van der Waals surface area contributed by atoms with Crippen molar-refractivity contribution in [2.45, 2.75) is 52.9 Å². The maximum Gasteiger partial charge on any atom is 0.0897 e. The van der Waals surface area contributed by atoms with E-state index >= 15 is 0 Å². The van der Waals surface area contributed by atoms with Gasteiger partial charge in [-0.2, -0.15) is 0 Å². The molecule has 1 aromatic heterocycles. The zero-order valence-electron chi connectivity index (χ0n) is 10.8. The number of nitrogens with two attached hydrogens (primary N) is 1. The fraction of sp³-hybridized carbons (Fsp3) is 0.769. The van der Waals surface area contributed by atoms with E-state index in [4.69, 9.17) is 5.73 Å². The Labute approximate surface area is 103 Å². The van der Waals surface area contributed by atoms with E-state index in [9.17, 15) is 0 Å². The van der Waals surface area contributed by atoms with Crippen LogP contribution in [-0.4, -0.2) is 11.5 Å². The maximum absolute atomic E-state index is 5.99. The molecule has 0 aliphatic carbocycles. The van der Waals surface area contributed by atoms with Gasteiger partial charge in [0.15, 0.2) is 0 Å². The van der Waals surface area contributed by atoms with Crippen LogP contribution in [0.1, 0.15) is 50.2 Å². The highest BCUT2D eigenvalue weighted by Gasteiger charge is 2.27. The van der Waals surface area contributed by atoms with Crippen LogP contribution in [0.25, 0.3) is 0 Å². The maximum atomic E-state index is 5.99. The predicted octanol–water partition coefficient (Wildman–Crippen LogP) is 3.54. The van der Waals surface area contributed by atoms with Gasteiger partial charge in [-0.1, -0.05) is 26.7 Å². The van der Waals surface area contributed by atoms with Gasteiger partial charge in [0.25, 0.3) is 0 Å². The zero-order chi connectivity index (χ0) is 12.0. The van der Waals surface area contributed by atoms with Crippen molar-refractivity contribution in [1.82, 2.24) is 4.98 Å². The lowest BCUT2D eigenvalue weighted by molar-refractivity contribution is 0.249. The summed E-state index contributed by atoms with van der Waals surface area (Å²) in [5.74, 6) is 0. The lowest BCUT2D eigenvalue weighted by Gasteiger charge is -2.30. The molecule has 1 atom stereocenters. The van der Waals surface area contributed by atoms with Crippen LogP contribution in [0.3, 0.4) is 0 Å². The molecule has 2 nitrogen and oxygen atoms in total. The largest absolute Gasteiger partial charge is 0.330 e. The molecule has 3 heteroatoms. The molecule has 92 valence electrons. The molecule has 0 radical (unpaired) electrons. The first-order valence-electron chi connectivity index (χ1n) is 6.27. The van der Waals surface area contributed by atoms with E-state index < -0.39 is 0 Å². The molecule has 0 fully saturated rings. The third-order valence-corrected chi connectivity index (χ3v) is 4.29. The van der Waals surface area contributed by atoms with Crippen molar-refractivity contribution >= 4 is 11.3 Å². The van der Waals surface area contributed by atoms with Crippen LogP contribution >= 0.6 is 11.3 Å². The van der Waals surface area contributed by atoms with Crippen molar-refractivity contribution in [2.75, 3.05) is 6.54 Å². The first kappa shape index (κ1) is 13.7. The summed E-state index contributed by atoms with van der Waals surface area (Å²) in [7, 11) is 0. The minimum absolute atomic E-state index is 0.274. The summed E-state index contributed by atoms with van der Waals surface area (Å²) in [6, 6.07) is 0. The first-order valence-corrected chi connectivity index (χ1v) is 7.15. The quantitative estimate of drug-likeness (QED) is 0.791. The topological polar surface area (TPSA) is 38.9 Å². The molecule has 0 amide bonds. The number of nitrogens with zero attached hydrogens (tertiary/aromatic N) is 1. The summed E-state index contributed by atoms with van der Waals surface area (Å²) in [4.78, 5) is 4.56. The van der Waals surface area contributed by atoms with Crippen molar-refractivity contribution in [3.05, 3.63) is 16.1 Å². The fourth-order valence-electron chi connectivity index (χ4n) is 2.13. The van der Waals surface area contributed by atoms with Gasteiger partial charge >= 0.3 is 0 Å². The van der Waals surface area contributed by atoms with Crippen molar-refractivity contribution < 1.29 is 0 Å². The highest BCUT2D eigenvalue weighted by molar-refractivity contribution is 7.09. The Morgan fingerprint density at radius 2 is 2.19 bits per heavy atom. The van der Waals surface area contributed by atoms with Crippen LogP contribution in [0, 0.1) is 12.3 Å². The van der Waals surface area contributed by atoms with Crippen LogP contribution in [0.15, 0.2) is 5.38 Å². The molecule has 1 rings (SSSR count). The van der Waals surface area contributed by atoms with Crippen LogP contribution in [0.5, 0.6) is 0 Å². The standard InChI is InChI=1S/C13H24N2S/c1-4-6-7-13(5-2,10-14)8-12-9-16-11(3)15-12/h9H,4-8,10,14H2,1-3H3. The zero-order valence-corrected chi connectivity index (χ0v) is 11.6. The van der Waals surface area contributed by atoms with Gasteiger partial charge in [0.2, 0.25) is 0 Å². The Morgan fingerprint density at radius 3 is 2.62 bits per heavy atom. The summed E-state index contributed by atoms with van der Waals surface area (Å²) < 4.78 is 0. The molecule has 0 aromatic carbocycles. The summed E-state index contributed by atoms with van der Waals surface area (Å²) in [5.41, 5.74) is 7.49. The Balaban J connectivity index is 2.69. The average Bonchev–Trinajstić information content (AvgIpc) is 2.70. The summed E-state index contributed by atoms with van der Waals surface area (Å²) in [5, 5.41) is 3.34. The number of unbranched alkanes of at least 4 members (excludes halogenated alkanes) is 1. The number of aryl methyl sites for hydroxylation is 1. The molecule has 0 saturated heterocycles. The van der Waals surface area contributed by atoms with Crippen molar-refractivity contribution in [1.29, 1.82) is 0 Å². The summed E-state index contributed by atoms with van der Waals surface area (Å²) in [6.07, 6.45) is 5.95. The molecule has 2 N–H and O–H groups in total. The number of hydrogen-bond acceptors (Lipinski definition) is 3. The van der Waals surface area contributed by atoms with E-state index in [1.165, 1.54) is 25.0 Å². The van der Waals surface area contributed by atoms with E-state index in [2.05, 4.69) is 31.1 Å². The smallest absolute Gasteiger partial charge is 0.0897 e. The predicted molar refractivity (Wildman–Crippen MR) is 71.9 cm³/mol. The van der Waals surface area contributed by atoms with Crippen molar-refractivity contribution in [2.24, 2.45) is 11.1 Å². The van der Waals surface area contributed by atoms with Gasteiger partial charge in [-0.05, 0) is 38.1 Å². The number of hydrogen-bond donors (Lipinski definition) is 1. The minimum atomic E-state index is 0.274. The Hall–Kier alpha value is -0.410. The number of aromatic nitrogens is 1. The van der Waals surface area contributed by atoms with Gasteiger partial charge in [-0.3, -0.25) is 0 Å². The Morgan fingerprint density at radius 1 is 1.44 bits per heavy atom. The molecular weight excluding hydrogens is 216 g/mol. The van der Waals surface area contributed by atoms with Gasteiger partial charge in [0.1, 0.15) is 0 Å². The second-order valence-corrected chi connectivity index (χ2v) is 5.76. The van der Waals surface area contributed by atoms with Gasteiger partial charge in [0.05, 0.1) is 10.7 Å². The third kappa shape index (κ3) is 3.56. The van der Waals surface area contributed by atoms with Gasteiger partial charge in [-0.15, -0.1) is 11.3 Å². The van der Waals surface area contributed by atoms with Crippen LogP contribution in [0.2, 0.25) is 0 Å². The minimum Gasteiger partial charge on any atom is -0.330 e. The van der Waals surface area contributed by atoms with E-state index in [1.54, 1.807) is 11.3 Å². The molecule has 0 aliphatic heterocycles. The van der Waals surface area contributed by atoms with Gasteiger partial charge < -0.3 is 5.73 Å². The SMILES string of the molecule is CCCCC(CC)(CN)Cc1csc(C)n1. The molecule has 1 unspecified atom stereocenters. The second kappa shape index (κ2) is 6.36. The number of thiazole rings is 1. The van der Waals surface area contributed by atoms with Crippen LogP contribution in [-0.2, 0) is 6.42 Å². The van der Waals surface area contributed by atoms with E-state index in [-0.39, 0.29) is 5.41 Å². The van der Waals surface area contributed by atoms with Crippen LogP contribution in [0.4, 0.5) is 0 Å². The second-order valence-electron chi connectivity index (χ2n) is 4.70. The molecule has 0 saturated carbocycles.